The molecule has 2 aliphatic heterocycles. The van der Waals surface area contributed by atoms with Gasteiger partial charge in [-0.25, -0.2) is 0 Å². The van der Waals surface area contributed by atoms with Gasteiger partial charge in [0.1, 0.15) is 5.25 Å². The number of hydrogen-bond acceptors (Lipinski definition) is 4. The number of benzene rings is 1. The highest BCUT2D eigenvalue weighted by atomic mass is 32.2. The highest BCUT2D eigenvalue weighted by molar-refractivity contribution is 8.15. The van der Waals surface area contributed by atoms with E-state index in [-0.39, 0.29) is 23.5 Å². The number of amides is 2. The molecule has 1 aromatic carbocycles. The fraction of sp³-hybridized carbons (Fsp3) is 0.357. The molecule has 0 radical (unpaired) electrons. The van der Waals surface area contributed by atoms with Gasteiger partial charge in [0.05, 0.1) is 6.54 Å². The molecule has 104 valence electrons. The van der Waals surface area contributed by atoms with E-state index in [0.29, 0.717) is 13.1 Å². The van der Waals surface area contributed by atoms with Crippen molar-refractivity contribution in [3.05, 3.63) is 29.8 Å². The maximum Gasteiger partial charge on any atom is 0.242 e. The van der Waals surface area contributed by atoms with Gasteiger partial charge in [-0.3, -0.25) is 19.5 Å². The Labute approximate surface area is 121 Å². The number of carbonyl (C=O) groups is 2. The molecule has 2 amide bonds. The van der Waals surface area contributed by atoms with Gasteiger partial charge in [-0.15, -0.1) is 0 Å². The van der Waals surface area contributed by atoms with Crippen LogP contribution in [0, 0.1) is 6.92 Å². The van der Waals surface area contributed by atoms with E-state index >= 15 is 0 Å². The molecular formula is C14H15N3O2S. The minimum absolute atomic E-state index is 0.00522. The number of nitrogens with one attached hydrogen (secondary N) is 1. The number of carbonyl (C=O) groups excluding carboxylic acids is 2. The molecule has 0 saturated carbocycles. The lowest BCUT2D eigenvalue weighted by Crippen LogP contribution is -2.32. The van der Waals surface area contributed by atoms with Crippen molar-refractivity contribution in [1.82, 2.24) is 4.90 Å². The zero-order chi connectivity index (χ0) is 14.1. The van der Waals surface area contributed by atoms with Crippen LogP contribution >= 0.6 is 11.8 Å². The normalized spacial score (nSPS) is 20.9. The number of rotatable bonds is 3. The summed E-state index contributed by atoms with van der Waals surface area (Å²) in [5, 5.41) is 3.27. The lowest BCUT2D eigenvalue weighted by molar-refractivity contribution is -0.127. The second-order valence-corrected chi connectivity index (χ2v) is 6.05. The second kappa shape index (κ2) is 5.28. The minimum atomic E-state index is -0.334. The molecule has 1 saturated heterocycles. The lowest BCUT2D eigenvalue weighted by Gasteiger charge is -2.10. The number of fused-ring (bicyclic) bond motifs is 1. The summed E-state index contributed by atoms with van der Waals surface area (Å²) in [6.07, 6.45) is 0.187. The summed E-state index contributed by atoms with van der Waals surface area (Å²) in [7, 11) is 0. The highest BCUT2D eigenvalue weighted by Crippen LogP contribution is 2.31. The highest BCUT2D eigenvalue weighted by Gasteiger charge is 2.40. The van der Waals surface area contributed by atoms with Crippen LogP contribution in [-0.2, 0) is 9.59 Å². The van der Waals surface area contributed by atoms with Crippen molar-refractivity contribution in [2.24, 2.45) is 4.99 Å². The van der Waals surface area contributed by atoms with E-state index in [9.17, 15) is 9.59 Å². The number of aliphatic imine (C=N–C) groups is 1. The smallest absolute Gasteiger partial charge is 0.242 e. The van der Waals surface area contributed by atoms with E-state index in [0.717, 1.165) is 16.4 Å². The van der Waals surface area contributed by atoms with Crippen LogP contribution in [0.4, 0.5) is 5.69 Å². The minimum Gasteiger partial charge on any atom is -0.326 e. The Bertz CT molecular complexity index is 600. The van der Waals surface area contributed by atoms with E-state index in [1.54, 1.807) is 4.90 Å². The van der Waals surface area contributed by atoms with E-state index in [4.69, 9.17) is 0 Å². The molecule has 1 atom stereocenters. The molecule has 0 aromatic heterocycles. The van der Waals surface area contributed by atoms with Crippen LogP contribution in [0.3, 0.4) is 0 Å². The fourth-order valence-electron chi connectivity index (χ4n) is 2.32. The average molecular weight is 289 g/mol. The number of thioether (sulfide) groups is 1. The first-order valence-corrected chi connectivity index (χ1v) is 7.40. The van der Waals surface area contributed by atoms with Crippen molar-refractivity contribution in [3.8, 4) is 0 Å². The quantitative estimate of drug-likeness (QED) is 0.920. The molecule has 6 heteroatoms. The van der Waals surface area contributed by atoms with Gasteiger partial charge in [0.2, 0.25) is 11.8 Å². The summed E-state index contributed by atoms with van der Waals surface area (Å²) in [6.45, 7) is 3.30. The molecule has 2 heterocycles. The number of amidine groups is 1. The Balaban J connectivity index is 1.61. The summed E-state index contributed by atoms with van der Waals surface area (Å²) in [5.74, 6) is -0.131. The van der Waals surface area contributed by atoms with Gasteiger partial charge in [0.25, 0.3) is 0 Å². The summed E-state index contributed by atoms with van der Waals surface area (Å²) in [5.41, 5.74) is 1.85. The van der Waals surface area contributed by atoms with Crippen LogP contribution in [0.1, 0.15) is 12.0 Å². The van der Waals surface area contributed by atoms with Gasteiger partial charge in [-0.05, 0) is 24.6 Å². The summed E-state index contributed by atoms with van der Waals surface area (Å²) < 4.78 is 0. The topological polar surface area (TPSA) is 61.8 Å². The van der Waals surface area contributed by atoms with E-state index < -0.39 is 0 Å². The van der Waals surface area contributed by atoms with E-state index in [1.165, 1.54) is 11.8 Å². The molecule has 0 spiro atoms. The molecule has 2 aliphatic rings. The first kappa shape index (κ1) is 13.2. The van der Waals surface area contributed by atoms with Crippen LogP contribution in [-0.4, -0.2) is 40.2 Å². The Kier molecular flexibility index (Phi) is 3.48. The predicted octanol–water partition coefficient (Wildman–Crippen LogP) is 1.64. The van der Waals surface area contributed by atoms with Crippen LogP contribution in [0.2, 0.25) is 0 Å². The maximum atomic E-state index is 12.1. The molecule has 0 aliphatic carbocycles. The van der Waals surface area contributed by atoms with Gasteiger partial charge >= 0.3 is 0 Å². The Hall–Kier alpha value is -1.82. The monoisotopic (exact) mass is 289 g/mol. The van der Waals surface area contributed by atoms with Crippen molar-refractivity contribution >= 4 is 34.4 Å². The van der Waals surface area contributed by atoms with Crippen molar-refractivity contribution in [1.29, 1.82) is 0 Å². The lowest BCUT2D eigenvalue weighted by atomic mass is 10.2. The summed E-state index contributed by atoms with van der Waals surface area (Å²) in [4.78, 5) is 30.0. The van der Waals surface area contributed by atoms with Crippen molar-refractivity contribution < 1.29 is 9.59 Å². The van der Waals surface area contributed by atoms with Gasteiger partial charge in [0, 0.05) is 18.7 Å². The van der Waals surface area contributed by atoms with Crippen molar-refractivity contribution in [2.45, 2.75) is 18.6 Å². The summed E-state index contributed by atoms with van der Waals surface area (Å²) in [6, 6.07) is 7.62. The Morgan fingerprint density at radius 3 is 3.15 bits per heavy atom. The van der Waals surface area contributed by atoms with Crippen LogP contribution in [0.15, 0.2) is 29.3 Å². The van der Waals surface area contributed by atoms with Crippen LogP contribution < -0.4 is 5.32 Å². The van der Waals surface area contributed by atoms with Crippen molar-refractivity contribution in [3.63, 3.8) is 0 Å². The molecule has 0 bridgehead atoms. The molecule has 3 rings (SSSR count). The zero-order valence-electron chi connectivity index (χ0n) is 11.1. The summed E-state index contributed by atoms with van der Waals surface area (Å²) >= 11 is 1.40. The fourth-order valence-corrected chi connectivity index (χ4v) is 3.51. The molecule has 5 nitrogen and oxygen atoms in total. The SMILES string of the molecule is Cc1cccc(NC(=O)C[C@@H]2SC3=NCCN3C2=O)c1. The maximum absolute atomic E-state index is 12.1. The van der Waals surface area contributed by atoms with Gasteiger partial charge in [-0.1, -0.05) is 23.9 Å². The molecule has 20 heavy (non-hydrogen) atoms. The van der Waals surface area contributed by atoms with Crippen LogP contribution in [0.25, 0.3) is 0 Å². The average Bonchev–Trinajstić information content (AvgIpc) is 2.94. The van der Waals surface area contributed by atoms with Crippen molar-refractivity contribution in [2.75, 3.05) is 18.4 Å². The standard InChI is InChI=1S/C14H15N3O2S/c1-9-3-2-4-10(7-9)16-12(18)8-11-13(19)17-6-5-15-14(17)20-11/h2-4,7,11H,5-6,8H2,1H3,(H,16,18)/t11-/m0/s1. The molecule has 1 aromatic rings. The number of anilines is 1. The third-order valence-electron chi connectivity index (χ3n) is 3.26. The molecule has 1 fully saturated rings. The largest absolute Gasteiger partial charge is 0.326 e. The van der Waals surface area contributed by atoms with Crippen LogP contribution in [0.5, 0.6) is 0 Å². The van der Waals surface area contributed by atoms with Gasteiger partial charge in [0.15, 0.2) is 5.17 Å². The third-order valence-corrected chi connectivity index (χ3v) is 4.48. The first-order chi connectivity index (χ1) is 9.63. The first-order valence-electron chi connectivity index (χ1n) is 6.52. The molecule has 0 unspecified atom stereocenters. The Morgan fingerprint density at radius 1 is 1.55 bits per heavy atom. The number of nitrogens with zero attached hydrogens (tertiary/aromatic N) is 2. The second-order valence-electron chi connectivity index (χ2n) is 4.88. The number of aryl methyl sites for hydroxylation is 1. The molecular weight excluding hydrogens is 274 g/mol. The predicted molar refractivity (Wildman–Crippen MR) is 79.8 cm³/mol. The van der Waals surface area contributed by atoms with Gasteiger partial charge in [-0.2, -0.15) is 0 Å². The number of hydrogen-bond donors (Lipinski definition) is 1. The third kappa shape index (κ3) is 2.56. The molecule has 1 N–H and O–H groups in total. The van der Waals surface area contributed by atoms with E-state index in [2.05, 4.69) is 10.3 Å². The van der Waals surface area contributed by atoms with Gasteiger partial charge < -0.3 is 5.32 Å². The Morgan fingerprint density at radius 2 is 2.40 bits per heavy atom. The van der Waals surface area contributed by atoms with E-state index in [1.807, 2.05) is 31.2 Å². The zero-order valence-corrected chi connectivity index (χ0v) is 11.9.